The fourth-order valence-corrected chi connectivity index (χ4v) is 2.35. The first-order valence-electron chi connectivity index (χ1n) is 5.77. The van der Waals surface area contributed by atoms with E-state index in [1.54, 1.807) is 0 Å². The van der Waals surface area contributed by atoms with Crippen molar-refractivity contribution in [2.24, 2.45) is 0 Å². The van der Waals surface area contributed by atoms with Crippen LogP contribution in [0.3, 0.4) is 0 Å². The molecule has 2 nitrogen and oxygen atoms in total. The van der Waals surface area contributed by atoms with Crippen LogP contribution in [0.2, 0.25) is 0 Å². The average Bonchev–Trinajstić information content (AvgIpc) is 2.36. The lowest BCUT2D eigenvalue weighted by atomic mass is 10.1. The highest BCUT2D eigenvalue weighted by Crippen LogP contribution is 2.25. The van der Waals surface area contributed by atoms with Crippen molar-refractivity contribution < 1.29 is 0 Å². The molecular formula is C14H14Br2N2. The molecule has 0 aliphatic heterocycles. The molecule has 0 unspecified atom stereocenters. The van der Waals surface area contributed by atoms with E-state index < -0.39 is 0 Å². The third-order valence-electron chi connectivity index (χ3n) is 2.76. The topological polar surface area (TPSA) is 24.9 Å². The quantitative estimate of drug-likeness (QED) is 0.801. The zero-order valence-corrected chi connectivity index (χ0v) is 13.5. The normalized spacial score (nSPS) is 10.4. The maximum Gasteiger partial charge on any atom is 0.130 e. The Morgan fingerprint density at radius 1 is 1.22 bits per heavy atom. The van der Waals surface area contributed by atoms with E-state index in [1.165, 1.54) is 11.1 Å². The molecular weight excluding hydrogens is 356 g/mol. The minimum absolute atomic E-state index is 0.868. The Morgan fingerprint density at radius 3 is 2.67 bits per heavy atom. The van der Waals surface area contributed by atoms with Gasteiger partial charge in [-0.2, -0.15) is 0 Å². The lowest BCUT2D eigenvalue weighted by Crippen LogP contribution is -1.98. The van der Waals surface area contributed by atoms with Crippen molar-refractivity contribution in [2.45, 2.75) is 20.3 Å². The Kier molecular flexibility index (Phi) is 4.40. The van der Waals surface area contributed by atoms with Crippen LogP contribution in [-0.2, 0) is 6.42 Å². The van der Waals surface area contributed by atoms with Crippen molar-refractivity contribution >= 4 is 43.4 Å². The third-order valence-corrected chi connectivity index (χ3v) is 4.08. The number of nitrogens with one attached hydrogen (secondary N) is 1. The van der Waals surface area contributed by atoms with Crippen molar-refractivity contribution in [3.63, 3.8) is 0 Å². The summed E-state index contributed by atoms with van der Waals surface area (Å²) in [5.41, 5.74) is 3.55. The standard InChI is InChI=1S/C14H14Br2N2/c1-3-10-7-11(15)4-5-13(10)18-14-6-9(2)12(16)8-17-14/h4-8H,3H2,1-2H3,(H,17,18). The molecule has 0 amide bonds. The van der Waals surface area contributed by atoms with Gasteiger partial charge in [-0.1, -0.05) is 22.9 Å². The summed E-state index contributed by atoms with van der Waals surface area (Å²) in [5.74, 6) is 0.868. The summed E-state index contributed by atoms with van der Waals surface area (Å²) < 4.78 is 2.13. The van der Waals surface area contributed by atoms with E-state index >= 15 is 0 Å². The zero-order chi connectivity index (χ0) is 13.1. The maximum absolute atomic E-state index is 4.36. The Bertz CT molecular complexity index is 568. The van der Waals surface area contributed by atoms with Gasteiger partial charge in [0.25, 0.3) is 0 Å². The van der Waals surface area contributed by atoms with Gasteiger partial charge >= 0.3 is 0 Å². The van der Waals surface area contributed by atoms with E-state index in [1.807, 2.05) is 18.3 Å². The lowest BCUT2D eigenvalue weighted by Gasteiger charge is -2.11. The van der Waals surface area contributed by atoms with E-state index in [9.17, 15) is 0 Å². The van der Waals surface area contributed by atoms with Crippen LogP contribution in [0.5, 0.6) is 0 Å². The summed E-state index contributed by atoms with van der Waals surface area (Å²) in [7, 11) is 0. The van der Waals surface area contributed by atoms with Crippen LogP contribution >= 0.6 is 31.9 Å². The molecule has 1 N–H and O–H groups in total. The molecule has 0 saturated carbocycles. The first kappa shape index (κ1) is 13.6. The van der Waals surface area contributed by atoms with Gasteiger partial charge in [-0.15, -0.1) is 0 Å². The Balaban J connectivity index is 2.30. The number of anilines is 2. The van der Waals surface area contributed by atoms with Gasteiger partial charge in [0.1, 0.15) is 5.82 Å². The molecule has 1 aromatic heterocycles. The van der Waals surface area contributed by atoms with Crippen LogP contribution < -0.4 is 5.32 Å². The molecule has 0 radical (unpaired) electrons. The summed E-state index contributed by atoms with van der Waals surface area (Å²) in [6, 6.07) is 8.27. The smallest absolute Gasteiger partial charge is 0.130 e. The molecule has 1 heterocycles. The van der Waals surface area contributed by atoms with E-state index in [0.717, 1.165) is 26.9 Å². The SMILES string of the molecule is CCc1cc(Br)ccc1Nc1cc(C)c(Br)cn1. The summed E-state index contributed by atoms with van der Waals surface area (Å²) in [4.78, 5) is 4.36. The Labute approximate surface area is 124 Å². The molecule has 0 aliphatic carbocycles. The van der Waals surface area contributed by atoms with Crippen LogP contribution in [0.25, 0.3) is 0 Å². The molecule has 0 atom stereocenters. The van der Waals surface area contributed by atoms with Crippen LogP contribution in [-0.4, -0.2) is 4.98 Å². The van der Waals surface area contributed by atoms with Gasteiger partial charge in [-0.05, 0) is 64.7 Å². The van der Waals surface area contributed by atoms with Crippen molar-refractivity contribution in [1.29, 1.82) is 0 Å². The minimum Gasteiger partial charge on any atom is -0.340 e. The largest absolute Gasteiger partial charge is 0.340 e. The van der Waals surface area contributed by atoms with Gasteiger partial charge in [0.15, 0.2) is 0 Å². The number of benzene rings is 1. The van der Waals surface area contributed by atoms with Gasteiger partial charge < -0.3 is 5.32 Å². The molecule has 2 aromatic rings. The Morgan fingerprint density at radius 2 is 2.00 bits per heavy atom. The molecule has 2 rings (SSSR count). The molecule has 0 saturated heterocycles. The van der Waals surface area contributed by atoms with E-state index in [0.29, 0.717) is 0 Å². The second-order valence-corrected chi connectivity index (χ2v) is 5.87. The average molecular weight is 370 g/mol. The fourth-order valence-electron chi connectivity index (χ4n) is 1.72. The van der Waals surface area contributed by atoms with Gasteiger partial charge in [-0.25, -0.2) is 4.98 Å². The van der Waals surface area contributed by atoms with Gasteiger partial charge in [0.05, 0.1) is 0 Å². The first-order chi connectivity index (χ1) is 8.60. The molecule has 18 heavy (non-hydrogen) atoms. The van der Waals surface area contributed by atoms with Crippen molar-refractivity contribution in [1.82, 2.24) is 4.98 Å². The van der Waals surface area contributed by atoms with E-state index in [4.69, 9.17) is 0 Å². The summed E-state index contributed by atoms with van der Waals surface area (Å²) in [6.45, 7) is 4.20. The van der Waals surface area contributed by atoms with Crippen molar-refractivity contribution in [3.8, 4) is 0 Å². The maximum atomic E-state index is 4.36. The molecule has 0 spiro atoms. The molecule has 4 heteroatoms. The Hall–Kier alpha value is -0.870. The predicted octanol–water partition coefficient (Wildman–Crippen LogP) is 5.22. The second-order valence-electron chi connectivity index (χ2n) is 4.10. The highest BCUT2D eigenvalue weighted by Gasteiger charge is 2.04. The number of nitrogens with zero attached hydrogens (tertiary/aromatic N) is 1. The van der Waals surface area contributed by atoms with Crippen LogP contribution in [0.15, 0.2) is 39.4 Å². The number of pyridine rings is 1. The highest BCUT2D eigenvalue weighted by molar-refractivity contribution is 9.10. The zero-order valence-electron chi connectivity index (χ0n) is 10.3. The molecule has 94 valence electrons. The molecule has 0 bridgehead atoms. The molecule has 0 aliphatic rings. The van der Waals surface area contributed by atoms with Crippen LogP contribution in [0.4, 0.5) is 11.5 Å². The summed E-state index contributed by atoms with van der Waals surface area (Å²) in [6.07, 6.45) is 2.80. The number of halogens is 2. The second kappa shape index (κ2) is 5.85. The van der Waals surface area contributed by atoms with Gasteiger partial charge in [0.2, 0.25) is 0 Å². The number of aromatic nitrogens is 1. The molecule has 1 aromatic carbocycles. The monoisotopic (exact) mass is 368 g/mol. The minimum atomic E-state index is 0.868. The number of aryl methyl sites for hydroxylation is 2. The fraction of sp³-hybridized carbons (Fsp3) is 0.214. The van der Waals surface area contributed by atoms with E-state index in [2.05, 4.69) is 68.1 Å². The lowest BCUT2D eigenvalue weighted by molar-refractivity contribution is 1.13. The van der Waals surface area contributed by atoms with Crippen LogP contribution in [0, 0.1) is 6.92 Å². The third kappa shape index (κ3) is 3.12. The summed E-state index contributed by atoms with van der Waals surface area (Å²) in [5, 5.41) is 3.37. The van der Waals surface area contributed by atoms with Crippen LogP contribution in [0.1, 0.15) is 18.1 Å². The summed E-state index contributed by atoms with van der Waals surface area (Å²) >= 11 is 6.95. The number of hydrogen-bond acceptors (Lipinski definition) is 2. The molecule has 0 fully saturated rings. The van der Waals surface area contributed by atoms with Crippen molar-refractivity contribution in [2.75, 3.05) is 5.32 Å². The highest BCUT2D eigenvalue weighted by atomic mass is 79.9. The number of rotatable bonds is 3. The first-order valence-corrected chi connectivity index (χ1v) is 7.36. The van der Waals surface area contributed by atoms with Gasteiger partial charge in [-0.3, -0.25) is 0 Å². The van der Waals surface area contributed by atoms with Crippen molar-refractivity contribution in [3.05, 3.63) is 50.5 Å². The van der Waals surface area contributed by atoms with Gasteiger partial charge in [0, 0.05) is 20.8 Å². The van der Waals surface area contributed by atoms with E-state index in [-0.39, 0.29) is 0 Å². The predicted molar refractivity (Wildman–Crippen MR) is 83.5 cm³/mol. The number of hydrogen-bond donors (Lipinski definition) is 1.